The van der Waals surface area contributed by atoms with Crippen molar-refractivity contribution >= 4 is 11.3 Å². The molecule has 0 aliphatic carbocycles. The van der Waals surface area contributed by atoms with E-state index < -0.39 is 5.60 Å². The number of hydrogen-bond donors (Lipinski definition) is 1. The van der Waals surface area contributed by atoms with Crippen LogP contribution in [0.2, 0.25) is 0 Å². The van der Waals surface area contributed by atoms with Crippen molar-refractivity contribution in [1.82, 2.24) is 9.88 Å². The molecule has 1 aliphatic heterocycles. The predicted molar refractivity (Wildman–Crippen MR) is 84.3 cm³/mol. The van der Waals surface area contributed by atoms with E-state index in [2.05, 4.69) is 9.88 Å². The Morgan fingerprint density at radius 3 is 3.05 bits per heavy atom. The highest BCUT2D eigenvalue weighted by atomic mass is 32.1. The number of nitrogens with zero attached hydrogens (tertiary/aromatic N) is 2. The molecule has 1 N–H and O–H groups in total. The SMILES string of the molecule is Cc1oc(-c2cccs2)nc1CN1CCCC(C)(O)CC1. The third-order valence-corrected chi connectivity index (χ3v) is 5.01. The minimum absolute atomic E-state index is 0.518. The van der Waals surface area contributed by atoms with E-state index in [0.717, 1.165) is 61.1 Å². The first-order chi connectivity index (χ1) is 10.0. The Bertz CT molecular complexity index is 589. The topological polar surface area (TPSA) is 49.5 Å². The van der Waals surface area contributed by atoms with Gasteiger partial charge in [-0.2, -0.15) is 0 Å². The first kappa shape index (κ1) is 14.8. The summed E-state index contributed by atoms with van der Waals surface area (Å²) >= 11 is 1.64. The molecule has 0 radical (unpaired) electrons. The van der Waals surface area contributed by atoms with E-state index in [1.807, 2.05) is 31.4 Å². The van der Waals surface area contributed by atoms with Crippen LogP contribution in [0, 0.1) is 6.92 Å². The van der Waals surface area contributed by atoms with E-state index in [0.29, 0.717) is 0 Å². The van der Waals surface area contributed by atoms with Gasteiger partial charge in [0.1, 0.15) is 5.76 Å². The van der Waals surface area contributed by atoms with Gasteiger partial charge in [-0.05, 0) is 51.1 Å². The number of aliphatic hydroxyl groups is 1. The highest BCUT2D eigenvalue weighted by Gasteiger charge is 2.25. The molecule has 0 aromatic carbocycles. The number of rotatable bonds is 3. The van der Waals surface area contributed by atoms with E-state index in [4.69, 9.17) is 4.42 Å². The maximum absolute atomic E-state index is 10.2. The molecule has 1 aliphatic rings. The Morgan fingerprint density at radius 2 is 2.29 bits per heavy atom. The lowest BCUT2D eigenvalue weighted by atomic mass is 9.98. The first-order valence-electron chi connectivity index (χ1n) is 7.48. The lowest BCUT2D eigenvalue weighted by molar-refractivity contribution is 0.0444. The van der Waals surface area contributed by atoms with Gasteiger partial charge < -0.3 is 9.52 Å². The van der Waals surface area contributed by atoms with E-state index >= 15 is 0 Å². The summed E-state index contributed by atoms with van der Waals surface area (Å²) in [5.41, 5.74) is 0.496. The number of likely N-dealkylation sites (tertiary alicyclic amines) is 1. The number of aryl methyl sites for hydroxylation is 1. The molecule has 1 atom stereocenters. The molecule has 0 spiro atoms. The summed E-state index contributed by atoms with van der Waals surface area (Å²) in [5, 5.41) is 12.2. The zero-order chi connectivity index (χ0) is 14.9. The van der Waals surface area contributed by atoms with Crippen molar-refractivity contribution in [3.63, 3.8) is 0 Å². The first-order valence-corrected chi connectivity index (χ1v) is 8.36. The summed E-state index contributed by atoms with van der Waals surface area (Å²) in [5.74, 6) is 1.62. The Hall–Kier alpha value is -1.17. The van der Waals surface area contributed by atoms with Crippen molar-refractivity contribution in [1.29, 1.82) is 0 Å². The van der Waals surface area contributed by atoms with Crippen molar-refractivity contribution < 1.29 is 9.52 Å². The minimum Gasteiger partial charge on any atom is -0.440 e. The summed E-state index contributed by atoms with van der Waals surface area (Å²) in [6.45, 7) is 6.64. The van der Waals surface area contributed by atoms with Crippen LogP contribution < -0.4 is 0 Å². The molecule has 1 unspecified atom stereocenters. The van der Waals surface area contributed by atoms with Gasteiger partial charge in [0.2, 0.25) is 5.89 Å². The van der Waals surface area contributed by atoms with Crippen molar-refractivity contribution in [2.75, 3.05) is 13.1 Å². The van der Waals surface area contributed by atoms with Gasteiger partial charge in [-0.25, -0.2) is 4.98 Å². The van der Waals surface area contributed by atoms with Crippen molar-refractivity contribution in [2.45, 2.75) is 45.3 Å². The average molecular weight is 306 g/mol. The minimum atomic E-state index is -0.518. The normalized spacial score (nSPS) is 24.1. The molecule has 0 bridgehead atoms. The van der Waals surface area contributed by atoms with E-state index in [1.54, 1.807) is 11.3 Å². The Balaban J connectivity index is 1.70. The molecule has 21 heavy (non-hydrogen) atoms. The zero-order valence-corrected chi connectivity index (χ0v) is 13.4. The van der Waals surface area contributed by atoms with Crippen LogP contribution in [0.5, 0.6) is 0 Å². The molecule has 1 saturated heterocycles. The number of hydrogen-bond acceptors (Lipinski definition) is 5. The summed E-state index contributed by atoms with van der Waals surface area (Å²) < 4.78 is 5.80. The molecule has 3 heterocycles. The molecule has 5 heteroatoms. The number of oxazole rings is 1. The molecule has 114 valence electrons. The molecule has 3 rings (SSSR count). The van der Waals surface area contributed by atoms with Crippen LogP contribution in [0.1, 0.15) is 37.6 Å². The molecule has 4 nitrogen and oxygen atoms in total. The summed E-state index contributed by atoms with van der Waals surface area (Å²) in [4.78, 5) is 8.09. The van der Waals surface area contributed by atoms with Crippen molar-refractivity contribution in [2.24, 2.45) is 0 Å². The fourth-order valence-electron chi connectivity index (χ4n) is 2.77. The van der Waals surface area contributed by atoms with Gasteiger partial charge in [0.25, 0.3) is 0 Å². The summed E-state index contributed by atoms with van der Waals surface area (Å²) in [7, 11) is 0. The van der Waals surface area contributed by atoms with Gasteiger partial charge in [0.05, 0.1) is 16.2 Å². The molecule has 2 aromatic rings. The fourth-order valence-corrected chi connectivity index (χ4v) is 3.42. The highest BCUT2D eigenvalue weighted by Crippen LogP contribution is 2.27. The van der Waals surface area contributed by atoms with Crippen LogP contribution in [0.15, 0.2) is 21.9 Å². The zero-order valence-electron chi connectivity index (χ0n) is 12.6. The van der Waals surface area contributed by atoms with Crippen molar-refractivity contribution in [3.05, 3.63) is 29.0 Å². The van der Waals surface area contributed by atoms with E-state index in [1.165, 1.54) is 0 Å². The molecular weight excluding hydrogens is 284 g/mol. The Kier molecular flexibility index (Phi) is 4.15. The van der Waals surface area contributed by atoms with Gasteiger partial charge in [0.15, 0.2) is 0 Å². The second-order valence-corrected chi connectivity index (χ2v) is 7.07. The second-order valence-electron chi connectivity index (χ2n) is 6.13. The lowest BCUT2D eigenvalue weighted by Gasteiger charge is -2.21. The number of aromatic nitrogens is 1. The van der Waals surface area contributed by atoms with Crippen LogP contribution in [0.3, 0.4) is 0 Å². The third-order valence-electron chi connectivity index (χ3n) is 4.15. The van der Waals surface area contributed by atoms with E-state index in [-0.39, 0.29) is 0 Å². The van der Waals surface area contributed by atoms with Gasteiger partial charge in [-0.1, -0.05) is 6.07 Å². The largest absolute Gasteiger partial charge is 0.440 e. The smallest absolute Gasteiger partial charge is 0.236 e. The van der Waals surface area contributed by atoms with Gasteiger partial charge in [-0.3, -0.25) is 4.90 Å². The van der Waals surface area contributed by atoms with Crippen LogP contribution >= 0.6 is 11.3 Å². The molecule has 2 aromatic heterocycles. The van der Waals surface area contributed by atoms with E-state index in [9.17, 15) is 5.11 Å². The second kappa shape index (κ2) is 5.91. The molecule has 1 fully saturated rings. The predicted octanol–water partition coefficient (Wildman–Crippen LogP) is 3.45. The van der Waals surface area contributed by atoms with Crippen LogP contribution in [-0.4, -0.2) is 33.7 Å². The highest BCUT2D eigenvalue weighted by molar-refractivity contribution is 7.13. The third kappa shape index (κ3) is 3.54. The monoisotopic (exact) mass is 306 g/mol. The molecule has 0 saturated carbocycles. The Labute approximate surface area is 129 Å². The van der Waals surface area contributed by atoms with Crippen LogP contribution in [-0.2, 0) is 6.54 Å². The Morgan fingerprint density at radius 1 is 1.43 bits per heavy atom. The molecule has 0 amide bonds. The maximum Gasteiger partial charge on any atom is 0.236 e. The summed E-state index contributed by atoms with van der Waals surface area (Å²) in [6.07, 6.45) is 2.73. The van der Waals surface area contributed by atoms with Gasteiger partial charge in [-0.15, -0.1) is 11.3 Å². The van der Waals surface area contributed by atoms with Crippen LogP contribution in [0.25, 0.3) is 10.8 Å². The van der Waals surface area contributed by atoms with Gasteiger partial charge in [0, 0.05) is 13.1 Å². The summed E-state index contributed by atoms with van der Waals surface area (Å²) in [6, 6.07) is 4.04. The standard InChI is InChI=1S/C16H22N2O2S/c1-12-13(17-15(20-12)14-5-3-10-21-14)11-18-8-4-6-16(2,19)7-9-18/h3,5,10,19H,4,6-9,11H2,1-2H3. The fraction of sp³-hybridized carbons (Fsp3) is 0.562. The quantitative estimate of drug-likeness (QED) is 0.943. The van der Waals surface area contributed by atoms with Crippen LogP contribution in [0.4, 0.5) is 0 Å². The average Bonchev–Trinajstić information content (AvgIpc) is 3.02. The maximum atomic E-state index is 10.2. The van der Waals surface area contributed by atoms with Crippen molar-refractivity contribution in [3.8, 4) is 10.8 Å². The number of thiophene rings is 1. The molecular formula is C16H22N2O2S. The lowest BCUT2D eigenvalue weighted by Crippen LogP contribution is -2.28. The van der Waals surface area contributed by atoms with Gasteiger partial charge >= 0.3 is 0 Å².